The Morgan fingerprint density at radius 2 is 1.80 bits per heavy atom. The normalized spacial score (nSPS) is 16.2. The Morgan fingerprint density at radius 1 is 1.04 bits per heavy atom. The highest BCUT2D eigenvalue weighted by Gasteiger charge is 2.10. The Morgan fingerprint density at radius 3 is 2.56 bits per heavy atom. The maximum Gasteiger partial charge on any atom is 0.211 e. The SMILES string of the molecule is Cn1/c(=N/N=C\c2ccc(N3CCOCC3)cc2)sc2ccccc21. The van der Waals surface area contributed by atoms with Gasteiger partial charge >= 0.3 is 0 Å². The van der Waals surface area contributed by atoms with Crippen molar-refractivity contribution in [3.8, 4) is 0 Å². The summed E-state index contributed by atoms with van der Waals surface area (Å²) in [6.45, 7) is 3.50. The summed E-state index contributed by atoms with van der Waals surface area (Å²) in [5.74, 6) is 0. The Labute approximate surface area is 150 Å². The number of rotatable bonds is 3. The second kappa shape index (κ2) is 7.21. The lowest BCUT2D eigenvalue weighted by Crippen LogP contribution is -2.36. The number of morpholine rings is 1. The highest BCUT2D eigenvalue weighted by molar-refractivity contribution is 7.16. The summed E-state index contributed by atoms with van der Waals surface area (Å²) in [5.41, 5.74) is 3.45. The molecule has 0 bridgehead atoms. The minimum atomic E-state index is 0.800. The van der Waals surface area contributed by atoms with Crippen LogP contribution in [0.2, 0.25) is 0 Å². The van der Waals surface area contributed by atoms with Gasteiger partial charge in [-0.3, -0.25) is 0 Å². The first kappa shape index (κ1) is 16.1. The number of aryl methyl sites for hydroxylation is 1. The monoisotopic (exact) mass is 352 g/mol. The van der Waals surface area contributed by atoms with Crippen LogP contribution in [0.25, 0.3) is 10.2 Å². The number of anilines is 1. The summed E-state index contributed by atoms with van der Waals surface area (Å²) in [6.07, 6.45) is 1.80. The zero-order chi connectivity index (χ0) is 17.1. The van der Waals surface area contributed by atoms with Crippen LogP contribution >= 0.6 is 11.3 Å². The highest BCUT2D eigenvalue weighted by Crippen LogP contribution is 2.16. The molecule has 1 saturated heterocycles. The van der Waals surface area contributed by atoms with Crippen molar-refractivity contribution in [3.05, 3.63) is 58.9 Å². The zero-order valence-electron chi connectivity index (χ0n) is 14.1. The van der Waals surface area contributed by atoms with Gasteiger partial charge in [-0.05, 0) is 29.8 Å². The van der Waals surface area contributed by atoms with Crippen LogP contribution in [-0.2, 0) is 11.8 Å². The van der Waals surface area contributed by atoms with Crippen LogP contribution in [0.1, 0.15) is 5.56 Å². The summed E-state index contributed by atoms with van der Waals surface area (Å²) in [6, 6.07) is 16.7. The van der Waals surface area contributed by atoms with E-state index in [2.05, 4.69) is 56.1 Å². The molecule has 0 N–H and O–H groups in total. The van der Waals surface area contributed by atoms with Crippen LogP contribution in [0.3, 0.4) is 0 Å². The number of nitrogens with zero attached hydrogens (tertiary/aromatic N) is 4. The van der Waals surface area contributed by atoms with E-state index < -0.39 is 0 Å². The molecule has 128 valence electrons. The van der Waals surface area contributed by atoms with Crippen LogP contribution in [0.5, 0.6) is 0 Å². The van der Waals surface area contributed by atoms with Gasteiger partial charge in [-0.25, -0.2) is 0 Å². The molecule has 0 atom stereocenters. The average Bonchev–Trinajstić information content (AvgIpc) is 2.99. The highest BCUT2D eigenvalue weighted by atomic mass is 32.1. The first-order valence-electron chi connectivity index (χ1n) is 8.36. The summed E-state index contributed by atoms with van der Waals surface area (Å²) in [4.78, 5) is 3.23. The third kappa shape index (κ3) is 3.50. The topological polar surface area (TPSA) is 42.1 Å². The average molecular weight is 352 g/mol. The summed E-state index contributed by atoms with van der Waals surface area (Å²) in [7, 11) is 2.02. The Hall–Kier alpha value is -2.44. The van der Waals surface area contributed by atoms with Crippen molar-refractivity contribution in [1.29, 1.82) is 0 Å². The Balaban J connectivity index is 1.52. The fourth-order valence-electron chi connectivity index (χ4n) is 2.92. The predicted molar refractivity (Wildman–Crippen MR) is 103 cm³/mol. The van der Waals surface area contributed by atoms with Crippen molar-refractivity contribution in [3.63, 3.8) is 0 Å². The van der Waals surface area contributed by atoms with E-state index in [1.807, 2.05) is 19.2 Å². The van der Waals surface area contributed by atoms with Crippen molar-refractivity contribution >= 4 is 33.5 Å². The van der Waals surface area contributed by atoms with Crippen molar-refractivity contribution in [2.75, 3.05) is 31.2 Å². The van der Waals surface area contributed by atoms with Crippen molar-refractivity contribution in [1.82, 2.24) is 4.57 Å². The molecule has 4 rings (SSSR count). The zero-order valence-corrected chi connectivity index (χ0v) is 14.9. The molecular weight excluding hydrogens is 332 g/mol. The molecule has 1 aromatic heterocycles. The fraction of sp³-hybridized carbons (Fsp3) is 0.263. The molecule has 6 heteroatoms. The Bertz CT molecular complexity index is 949. The van der Waals surface area contributed by atoms with Crippen LogP contribution in [0.4, 0.5) is 5.69 Å². The van der Waals surface area contributed by atoms with Crippen molar-refractivity contribution in [2.45, 2.75) is 0 Å². The molecule has 0 spiro atoms. The summed E-state index contributed by atoms with van der Waals surface area (Å²) < 4.78 is 8.68. The Kier molecular flexibility index (Phi) is 4.63. The van der Waals surface area contributed by atoms with Gasteiger partial charge in [0.15, 0.2) is 0 Å². The molecule has 1 aliphatic heterocycles. The van der Waals surface area contributed by atoms with E-state index in [0.29, 0.717) is 0 Å². The van der Waals surface area contributed by atoms with Crippen LogP contribution in [0, 0.1) is 0 Å². The van der Waals surface area contributed by atoms with Gasteiger partial charge in [0, 0.05) is 25.8 Å². The maximum absolute atomic E-state index is 5.40. The minimum absolute atomic E-state index is 0.800. The molecule has 3 aromatic rings. The number of fused-ring (bicyclic) bond motifs is 1. The second-order valence-corrected chi connectivity index (χ2v) is 6.96. The van der Waals surface area contributed by atoms with Gasteiger partial charge in [-0.2, -0.15) is 5.10 Å². The van der Waals surface area contributed by atoms with Gasteiger partial charge in [-0.1, -0.05) is 35.6 Å². The third-order valence-corrected chi connectivity index (χ3v) is 5.44. The van der Waals surface area contributed by atoms with E-state index in [4.69, 9.17) is 4.74 Å². The standard InChI is InChI=1S/C19H20N4OS/c1-22-17-4-2-3-5-18(17)25-19(22)21-20-14-15-6-8-16(9-7-15)23-10-12-24-13-11-23/h2-9,14H,10-13H2,1H3/b20-14-,21-19-. The van der Waals surface area contributed by atoms with Gasteiger partial charge in [0.25, 0.3) is 0 Å². The summed E-state index contributed by atoms with van der Waals surface area (Å²) in [5, 5.41) is 8.64. The van der Waals surface area contributed by atoms with E-state index >= 15 is 0 Å². The van der Waals surface area contributed by atoms with E-state index in [9.17, 15) is 0 Å². The van der Waals surface area contributed by atoms with Crippen LogP contribution in [-0.4, -0.2) is 37.1 Å². The molecule has 5 nitrogen and oxygen atoms in total. The molecule has 0 saturated carbocycles. The molecule has 0 aliphatic carbocycles. The molecular formula is C19H20N4OS. The second-order valence-electron chi connectivity index (χ2n) is 5.95. The molecule has 25 heavy (non-hydrogen) atoms. The van der Waals surface area contributed by atoms with Gasteiger partial charge in [0.2, 0.25) is 4.80 Å². The first-order valence-corrected chi connectivity index (χ1v) is 9.17. The largest absolute Gasteiger partial charge is 0.378 e. The molecule has 0 radical (unpaired) electrons. The van der Waals surface area contributed by atoms with Crippen LogP contribution in [0.15, 0.2) is 58.7 Å². The van der Waals surface area contributed by atoms with Crippen molar-refractivity contribution < 1.29 is 4.74 Å². The number of aromatic nitrogens is 1. The molecule has 2 aromatic carbocycles. The van der Waals surface area contributed by atoms with Gasteiger partial charge in [0.05, 0.1) is 29.6 Å². The molecule has 1 fully saturated rings. The minimum Gasteiger partial charge on any atom is -0.378 e. The predicted octanol–water partition coefficient (Wildman–Crippen LogP) is 3.01. The van der Waals surface area contributed by atoms with E-state index in [1.165, 1.54) is 15.9 Å². The lowest BCUT2D eigenvalue weighted by atomic mass is 10.2. The number of para-hydroxylation sites is 1. The van der Waals surface area contributed by atoms with Crippen molar-refractivity contribution in [2.24, 2.45) is 17.3 Å². The first-order chi connectivity index (χ1) is 12.3. The molecule has 0 unspecified atom stereocenters. The maximum atomic E-state index is 5.40. The van der Waals surface area contributed by atoms with Gasteiger partial charge in [-0.15, -0.1) is 5.10 Å². The lowest BCUT2D eigenvalue weighted by Gasteiger charge is -2.28. The molecule has 1 aliphatic rings. The van der Waals surface area contributed by atoms with E-state index in [1.54, 1.807) is 17.6 Å². The lowest BCUT2D eigenvalue weighted by molar-refractivity contribution is 0.122. The number of hydrogen-bond acceptors (Lipinski definition) is 5. The van der Waals surface area contributed by atoms with Gasteiger partial charge in [0.1, 0.15) is 0 Å². The van der Waals surface area contributed by atoms with E-state index in [-0.39, 0.29) is 0 Å². The fourth-order valence-corrected chi connectivity index (χ4v) is 3.89. The van der Waals surface area contributed by atoms with Gasteiger partial charge < -0.3 is 14.2 Å². The number of hydrogen-bond donors (Lipinski definition) is 0. The number of benzene rings is 2. The smallest absolute Gasteiger partial charge is 0.211 e. The van der Waals surface area contributed by atoms with E-state index in [0.717, 1.165) is 36.7 Å². The number of ether oxygens (including phenoxy) is 1. The molecule has 0 amide bonds. The summed E-state index contributed by atoms with van der Waals surface area (Å²) >= 11 is 1.64. The number of thiazole rings is 1. The molecule has 2 heterocycles. The van der Waals surface area contributed by atoms with Crippen LogP contribution < -0.4 is 9.70 Å². The third-order valence-electron chi connectivity index (χ3n) is 4.33. The quantitative estimate of drug-likeness (QED) is 0.537.